The summed E-state index contributed by atoms with van der Waals surface area (Å²) < 4.78 is 0. The van der Waals surface area contributed by atoms with Gasteiger partial charge in [-0.25, -0.2) is 0 Å². The average molecular weight is 228 g/mol. The van der Waals surface area contributed by atoms with Crippen molar-refractivity contribution in [3.05, 3.63) is 0 Å². The maximum atomic E-state index is 5.95. The number of nitrogens with zero attached hydrogens (tertiary/aromatic N) is 1. The zero-order valence-corrected chi connectivity index (χ0v) is 10.6. The largest absolute Gasteiger partial charge is 0.328 e. The Morgan fingerprint density at radius 2 is 1.80 bits per heavy atom. The van der Waals surface area contributed by atoms with Crippen molar-refractivity contribution in [1.82, 2.24) is 4.90 Å². The number of thioether (sulfide) groups is 1. The molecule has 2 N–H and O–H groups in total. The zero-order chi connectivity index (χ0) is 10.7. The number of rotatable bonds is 2. The van der Waals surface area contributed by atoms with E-state index in [2.05, 4.69) is 23.7 Å². The van der Waals surface area contributed by atoms with Crippen molar-refractivity contribution in [3.63, 3.8) is 0 Å². The summed E-state index contributed by atoms with van der Waals surface area (Å²) in [6.45, 7) is 0. The van der Waals surface area contributed by atoms with Gasteiger partial charge in [0.25, 0.3) is 0 Å². The fraction of sp³-hybridized carbons (Fsp3) is 1.00. The lowest BCUT2D eigenvalue weighted by molar-refractivity contribution is 0.135. The van der Waals surface area contributed by atoms with Gasteiger partial charge in [0.05, 0.1) is 0 Å². The van der Waals surface area contributed by atoms with E-state index in [4.69, 9.17) is 5.73 Å². The van der Waals surface area contributed by atoms with Crippen LogP contribution in [0.4, 0.5) is 0 Å². The van der Waals surface area contributed by atoms with Gasteiger partial charge in [-0.15, -0.1) is 0 Å². The molecule has 1 heterocycles. The molecule has 0 spiro atoms. The molecule has 1 saturated heterocycles. The van der Waals surface area contributed by atoms with Crippen molar-refractivity contribution in [3.8, 4) is 0 Å². The molecule has 0 aromatic carbocycles. The molecule has 15 heavy (non-hydrogen) atoms. The second-order valence-corrected chi connectivity index (χ2v) is 6.25. The van der Waals surface area contributed by atoms with Gasteiger partial charge in [0.2, 0.25) is 0 Å². The van der Waals surface area contributed by atoms with E-state index in [9.17, 15) is 0 Å². The number of hydrogen-bond donors (Lipinski definition) is 1. The summed E-state index contributed by atoms with van der Waals surface area (Å²) in [6.07, 6.45) is 7.92. The van der Waals surface area contributed by atoms with Crippen LogP contribution in [0.5, 0.6) is 0 Å². The molecule has 0 amide bonds. The molecular formula is C12H24N2S. The van der Waals surface area contributed by atoms with Gasteiger partial charge in [-0.2, -0.15) is 11.8 Å². The molecule has 0 aromatic rings. The Labute approximate surface area is 98.0 Å². The highest BCUT2D eigenvalue weighted by atomic mass is 32.2. The minimum Gasteiger partial charge on any atom is -0.328 e. The average Bonchev–Trinajstić information content (AvgIpc) is 2.30. The molecule has 0 bridgehead atoms. The molecule has 1 unspecified atom stereocenters. The standard InChI is InChI=1S/C12H24N2S/c1-14(12-3-2-8-15-9-12)11-6-4-10(13)5-7-11/h10-12H,2-9,13H2,1H3. The maximum Gasteiger partial charge on any atom is 0.0186 e. The van der Waals surface area contributed by atoms with Gasteiger partial charge in [-0.3, -0.25) is 4.90 Å². The lowest BCUT2D eigenvalue weighted by Gasteiger charge is -2.39. The van der Waals surface area contributed by atoms with Crippen molar-refractivity contribution in [2.75, 3.05) is 18.6 Å². The highest BCUT2D eigenvalue weighted by molar-refractivity contribution is 7.99. The maximum absolute atomic E-state index is 5.95. The van der Waals surface area contributed by atoms with Crippen LogP contribution >= 0.6 is 11.8 Å². The third-order valence-electron chi connectivity index (χ3n) is 4.03. The Balaban J connectivity index is 1.81. The fourth-order valence-corrected chi connectivity index (χ4v) is 4.06. The SMILES string of the molecule is CN(C1CCC(N)CC1)C1CCCSC1. The molecule has 1 atom stereocenters. The monoisotopic (exact) mass is 228 g/mol. The van der Waals surface area contributed by atoms with Gasteiger partial charge in [0.1, 0.15) is 0 Å². The van der Waals surface area contributed by atoms with E-state index in [0.29, 0.717) is 6.04 Å². The van der Waals surface area contributed by atoms with E-state index in [1.807, 2.05) is 0 Å². The van der Waals surface area contributed by atoms with Gasteiger partial charge in [-0.05, 0) is 51.3 Å². The molecule has 2 rings (SSSR count). The number of nitrogens with two attached hydrogens (primary N) is 1. The summed E-state index contributed by atoms with van der Waals surface area (Å²) in [5.74, 6) is 2.72. The third kappa shape index (κ3) is 3.11. The molecule has 2 nitrogen and oxygen atoms in total. The van der Waals surface area contributed by atoms with Crippen LogP contribution in [0.15, 0.2) is 0 Å². The quantitative estimate of drug-likeness (QED) is 0.784. The first-order chi connectivity index (χ1) is 7.27. The van der Waals surface area contributed by atoms with Crippen LogP contribution in [0.1, 0.15) is 38.5 Å². The highest BCUT2D eigenvalue weighted by Gasteiger charge is 2.27. The zero-order valence-electron chi connectivity index (χ0n) is 9.82. The van der Waals surface area contributed by atoms with Crippen molar-refractivity contribution < 1.29 is 0 Å². The smallest absolute Gasteiger partial charge is 0.0186 e. The molecule has 0 aromatic heterocycles. The van der Waals surface area contributed by atoms with Crippen LogP contribution in [0.3, 0.4) is 0 Å². The van der Waals surface area contributed by atoms with Crippen LogP contribution in [0, 0.1) is 0 Å². The molecule has 1 aliphatic carbocycles. The summed E-state index contributed by atoms with van der Waals surface area (Å²) in [7, 11) is 2.33. The van der Waals surface area contributed by atoms with E-state index >= 15 is 0 Å². The summed E-state index contributed by atoms with van der Waals surface area (Å²) in [6, 6.07) is 2.13. The molecule has 88 valence electrons. The van der Waals surface area contributed by atoms with E-state index in [-0.39, 0.29) is 0 Å². The summed E-state index contributed by atoms with van der Waals surface area (Å²) in [5, 5.41) is 0. The molecule has 3 heteroatoms. The summed E-state index contributed by atoms with van der Waals surface area (Å²) in [5.41, 5.74) is 5.95. The lowest BCUT2D eigenvalue weighted by atomic mass is 9.90. The molecule has 2 aliphatic rings. The van der Waals surface area contributed by atoms with Crippen molar-refractivity contribution >= 4 is 11.8 Å². The minimum absolute atomic E-state index is 0.482. The van der Waals surface area contributed by atoms with Crippen LogP contribution in [0.25, 0.3) is 0 Å². The Morgan fingerprint density at radius 3 is 2.40 bits per heavy atom. The Morgan fingerprint density at radius 1 is 1.07 bits per heavy atom. The minimum atomic E-state index is 0.482. The summed E-state index contributed by atoms with van der Waals surface area (Å²) in [4.78, 5) is 2.65. The van der Waals surface area contributed by atoms with Gasteiger partial charge in [0, 0.05) is 23.9 Å². The van der Waals surface area contributed by atoms with Gasteiger partial charge in [-0.1, -0.05) is 0 Å². The predicted octanol–water partition coefficient (Wildman–Crippen LogP) is 2.08. The fourth-order valence-electron chi connectivity index (χ4n) is 2.85. The molecular weight excluding hydrogens is 204 g/mol. The Bertz CT molecular complexity index is 184. The number of hydrogen-bond acceptors (Lipinski definition) is 3. The van der Waals surface area contributed by atoms with E-state index in [1.165, 1.54) is 50.0 Å². The molecule has 0 radical (unpaired) electrons. The Hall–Kier alpha value is 0.270. The van der Waals surface area contributed by atoms with Gasteiger partial charge in [0.15, 0.2) is 0 Å². The van der Waals surface area contributed by atoms with Crippen LogP contribution in [0.2, 0.25) is 0 Å². The van der Waals surface area contributed by atoms with Crippen molar-refractivity contribution in [1.29, 1.82) is 0 Å². The highest BCUT2D eigenvalue weighted by Crippen LogP contribution is 2.27. The second kappa shape index (κ2) is 5.55. The van der Waals surface area contributed by atoms with Crippen LogP contribution < -0.4 is 5.73 Å². The van der Waals surface area contributed by atoms with Crippen molar-refractivity contribution in [2.24, 2.45) is 5.73 Å². The van der Waals surface area contributed by atoms with Gasteiger partial charge < -0.3 is 5.73 Å². The topological polar surface area (TPSA) is 29.3 Å². The third-order valence-corrected chi connectivity index (χ3v) is 5.23. The molecule has 1 aliphatic heterocycles. The first kappa shape index (κ1) is 11.7. The first-order valence-corrected chi connectivity index (χ1v) is 7.48. The molecule has 2 fully saturated rings. The van der Waals surface area contributed by atoms with E-state index in [1.54, 1.807) is 0 Å². The van der Waals surface area contributed by atoms with Crippen molar-refractivity contribution in [2.45, 2.75) is 56.7 Å². The van der Waals surface area contributed by atoms with Crippen LogP contribution in [-0.2, 0) is 0 Å². The van der Waals surface area contributed by atoms with Gasteiger partial charge >= 0.3 is 0 Å². The lowest BCUT2D eigenvalue weighted by Crippen LogP contribution is -2.45. The first-order valence-electron chi connectivity index (χ1n) is 6.32. The normalized spacial score (nSPS) is 38.2. The van der Waals surface area contributed by atoms with E-state index < -0.39 is 0 Å². The summed E-state index contributed by atoms with van der Waals surface area (Å²) >= 11 is 2.13. The van der Waals surface area contributed by atoms with Crippen LogP contribution in [-0.4, -0.2) is 41.6 Å². The second-order valence-electron chi connectivity index (χ2n) is 5.11. The Kier molecular flexibility index (Phi) is 4.35. The predicted molar refractivity (Wildman–Crippen MR) is 68.3 cm³/mol. The molecule has 1 saturated carbocycles. The van der Waals surface area contributed by atoms with E-state index in [0.717, 1.165) is 12.1 Å².